The van der Waals surface area contributed by atoms with E-state index >= 15 is 0 Å². The second kappa shape index (κ2) is 8.13. The standard InChI is InChI=1S/C24H26ClN3O/c1-16-4-5-20-14-21(24(25)26-23(20)17(16)2)15-27-10-12-28(13-11-27)22-8-6-19(7-9-22)18(3)29/h4-9,14H,10-13,15H2,1-3H3/p+1. The molecule has 0 bridgehead atoms. The fourth-order valence-electron chi connectivity index (χ4n) is 4.06. The van der Waals surface area contributed by atoms with Crippen LogP contribution in [0.1, 0.15) is 34.0 Å². The van der Waals surface area contributed by atoms with E-state index in [-0.39, 0.29) is 5.78 Å². The first kappa shape index (κ1) is 19.9. The molecule has 1 aliphatic rings. The number of carbonyl (C=O) groups is 1. The molecule has 1 saturated heterocycles. The summed E-state index contributed by atoms with van der Waals surface area (Å²) < 4.78 is 0. The van der Waals surface area contributed by atoms with Crippen molar-refractivity contribution < 1.29 is 9.69 Å². The largest absolute Gasteiger partial charge is 0.360 e. The summed E-state index contributed by atoms with van der Waals surface area (Å²) in [6.45, 7) is 10.8. The molecule has 2 heterocycles. The van der Waals surface area contributed by atoms with E-state index in [1.54, 1.807) is 6.92 Å². The number of rotatable bonds is 4. The zero-order valence-corrected chi connectivity index (χ0v) is 18.0. The third kappa shape index (κ3) is 4.14. The molecule has 1 fully saturated rings. The Labute approximate surface area is 177 Å². The lowest BCUT2D eigenvalue weighted by Gasteiger charge is -2.33. The minimum Gasteiger partial charge on any atom is -0.360 e. The van der Waals surface area contributed by atoms with Crippen LogP contribution in [0.5, 0.6) is 0 Å². The number of ketones is 1. The predicted octanol–water partition coefficient (Wildman–Crippen LogP) is 3.61. The molecule has 2 aromatic carbocycles. The molecular formula is C24H27ClN3O+. The molecule has 0 amide bonds. The number of Topliss-reactive ketones (excluding diaryl/α,β-unsaturated/α-hetero) is 1. The van der Waals surface area contributed by atoms with E-state index in [0.29, 0.717) is 5.15 Å². The zero-order valence-electron chi connectivity index (χ0n) is 17.3. The summed E-state index contributed by atoms with van der Waals surface area (Å²) in [6.07, 6.45) is 0. The van der Waals surface area contributed by atoms with Crippen molar-refractivity contribution in [3.05, 3.63) is 69.9 Å². The first-order valence-electron chi connectivity index (χ1n) is 10.2. The minimum atomic E-state index is 0.108. The van der Waals surface area contributed by atoms with Gasteiger partial charge >= 0.3 is 0 Å². The zero-order chi connectivity index (χ0) is 20.5. The lowest BCUT2D eigenvalue weighted by molar-refractivity contribution is -0.914. The molecule has 0 spiro atoms. The Morgan fingerprint density at radius 3 is 2.45 bits per heavy atom. The fraction of sp³-hybridized carbons (Fsp3) is 0.333. The van der Waals surface area contributed by atoms with Crippen LogP contribution in [-0.2, 0) is 6.54 Å². The van der Waals surface area contributed by atoms with Crippen LogP contribution in [0.25, 0.3) is 10.9 Å². The van der Waals surface area contributed by atoms with Crippen LogP contribution in [0.3, 0.4) is 0 Å². The second-order valence-corrected chi connectivity index (χ2v) is 8.39. The van der Waals surface area contributed by atoms with E-state index in [0.717, 1.165) is 54.8 Å². The number of aromatic nitrogens is 1. The first-order valence-corrected chi connectivity index (χ1v) is 10.5. The number of nitrogens with zero attached hydrogens (tertiary/aromatic N) is 2. The maximum absolute atomic E-state index is 11.5. The molecule has 0 aliphatic carbocycles. The van der Waals surface area contributed by atoms with Gasteiger partial charge in [0.05, 0.1) is 31.7 Å². The third-order valence-corrected chi connectivity index (χ3v) is 6.41. The molecule has 29 heavy (non-hydrogen) atoms. The van der Waals surface area contributed by atoms with Crippen LogP contribution in [0.15, 0.2) is 42.5 Å². The van der Waals surface area contributed by atoms with Crippen LogP contribution >= 0.6 is 11.6 Å². The van der Waals surface area contributed by atoms with Crippen LogP contribution in [0.2, 0.25) is 5.15 Å². The van der Waals surface area contributed by atoms with Crippen molar-refractivity contribution in [1.82, 2.24) is 4.98 Å². The average Bonchev–Trinajstić information content (AvgIpc) is 2.73. The van der Waals surface area contributed by atoms with Gasteiger partial charge in [0.25, 0.3) is 0 Å². The lowest BCUT2D eigenvalue weighted by atomic mass is 10.0. The number of aryl methyl sites for hydroxylation is 2. The van der Waals surface area contributed by atoms with Gasteiger partial charge in [-0.3, -0.25) is 4.79 Å². The number of piperazine rings is 1. The quantitative estimate of drug-likeness (QED) is 0.529. The second-order valence-electron chi connectivity index (χ2n) is 8.03. The summed E-state index contributed by atoms with van der Waals surface area (Å²) in [6, 6.07) is 14.4. The van der Waals surface area contributed by atoms with Crippen LogP contribution < -0.4 is 9.80 Å². The van der Waals surface area contributed by atoms with Gasteiger partial charge in [0.1, 0.15) is 11.7 Å². The van der Waals surface area contributed by atoms with Crippen LogP contribution in [0.4, 0.5) is 5.69 Å². The Balaban J connectivity index is 1.43. The van der Waals surface area contributed by atoms with E-state index < -0.39 is 0 Å². The molecule has 1 aromatic heterocycles. The van der Waals surface area contributed by atoms with Crippen LogP contribution in [-0.4, -0.2) is 36.9 Å². The van der Waals surface area contributed by atoms with Gasteiger partial charge in [0.2, 0.25) is 0 Å². The topological polar surface area (TPSA) is 37.6 Å². The van der Waals surface area contributed by atoms with E-state index in [4.69, 9.17) is 16.6 Å². The molecule has 0 radical (unpaired) electrons. The maximum atomic E-state index is 11.5. The van der Waals surface area contributed by atoms with Gasteiger partial charge in [0, 0.05) is 22.2 Å². The summed E-state index contributed by atoms with van der Waals surface area (Å²) in [5, 5.41) is 1.79. The van der Waals surface area contributed by atoms with E-state index in [2.05, 4.69) is 49.1 Å². The van der Waals surface area contributed by atoms with Gasteiger partial charge in [0.15, 0.2) is 5.78 Å². The van der Waals surface area contributed by atoms with Crippen molar-refractivity contribution in [2.75, 3.05) is 31.1 Å². The molecule has 0 saturated carbocycles. The lowest BCUT2D eigenvalue weighted by Crippen LogP contribution is -3.13. The molecule has 4 rings (SSSR count). The Morgan fingerprint density at radius 2 is 1.79 bits per heavy atom. The molecule has 1 N–H and O–H groups in total. The smallest absolute Gasteiger partial charge is 0.159 e. The summed E-state index contributed by atoms with van der Waals surface area (Å²) in [7, 11) is 0. The molecular weight excluding hydrogens is 382 g/mol. The van der Waals surface area contributed by atoms with Crippen molar-refractivity contribution >= 4 is 34.0 Å². The van der Waals surface area contributed by atoms with Crippen LogP contribution in [0, 0.1) is 13.8 Å². The number of nitrogens with one attached hydrogen (secondary N) is 1. The minimum absolute atomic E-state index is 0.108. The van der Waals surface area contributed by atoms with Crippen molar-refractivity contribution in [2.45, 2.75) is 27.3 Å². The summed E-state index contributed by atoms with van der Waals surface area (Å²) in [5.41, 5.74) is 6.52. The van der Waals surface area contributed by atoms with E-state index in [9.17, 15) is 4.79 Å². The highest BCUT2D eigenvalue weighted by atomic mass is 35.5. The number of halogens is 1. The number of quaternary nitrogens is 1. The maximum Gasteiger partial charge on any atom is 0.159 e. The molecule has 5 heteroatoms. The summed E-state index contributed by atoms with van der Waals surface area (Å²) in [4.78, 5) is 20.1. The molecule has 150 valence electrons. The number of carbonyl (C=O) groups excluding carboxylic acids is 1. The molecule has 3 aromatic rings. The van der Waals surface area contributed by atoms with Crippen molar-refractivity contribution in [3.63, 3.8) is 0 Å². The number of fused-ring (bicyclic) bond motifs is 1. The van der Waals surface area contributed by atoms with Gasteiger partial charge in [-0.05, 0) is 62.2 Å². The monoisotopic (exact) mass is 408 g/mol. The Hall–Kier alpha value is -2.43. The normalized spacial score (nSPS) is 15.1. The number of benzene rings is 2. The predicted molar refractivity (Wildman–Crippen MR) is 119 cm³/mol. The fourth-order valence-corrected chi connectivity index (χ4v) is 4.27. The SMILES string of the molecule is CC(=O)c1ccc(N2CC[NH+](Cc3cc4ccc(C)c(C)c4nc3Cl)CC2)cc1. The number of anilines is 1. The number of hydrogen-bond donors (Lipinski definition) is 1. The highest BCUT2D eigenvalue weighted by Gasteiger charge is 2.22. The summed E-state index contributed by atoms with van der Waals surface area (Å²) in [5.74, 6) is 0.108. The average molecular weight is 409 g/mol. The number of hydrogen-bond acceptors (Lipinski definition) is 3. The van der Waals surface area contributed by atoms with E-state index in [1.807, 2.05) is 12.1 Å². The highest BCUT2D eigenvalue weighted by Crippen LogP contribution is 2.24. The third-order valence-electron chi connectivity index (χ3n) is 6.09. The molecule has 4 nitrogen and oxygen atoms in total. The molecule has 0 atom stereocenters. The van der Waals surface area contributed by atoms with Gasteiger partial charge in [-0.15, -0.1) is 0 Å². The van der Waals surface area contributed by atoms with Crippen molar-refractivity contribution in [2.24, 2.45) is 0 Å². The Bertz CT molecular complexity index is 1050. The van der Waals surface area contributed by atoms with Gasteiger partial charge in [-0.1, -0.05) is 23.7 Å². The van der Waals surface area contributed by atoms with E-state index in [1.165, 1.54) is 21.7 Å². The van der Waals surface area contributed by atoms with Crippen molar-refractivity contribution in [3.8, 4) is 0 Å². The first-order chi connectivity index (χ1) is 13.9. The Morgan fingerprint density at radius 1 is 1.10 bits per heavy atom. The molecule has 1 aliphatic heterocycles. The molecule has 0 unspecified atom stereocenters. The van der Waals surface area contributed by atoms with Gasteiger partial charge < -0.3 is 9.80 Å². The summed E-state index contributed by atoms with van der Waals surface area (Å²) >= 11 is 6.55. The number of pyridine rings is 1. The van der Waals surface area contributed by atoms with Gasteiger partial charge in [-0.2, -0.15) is 0 Å². The van der Waals surface area contributed by atoms with Crippen molar-refractivity contribution in [1.29, 1.82) is 0 Å². The van der Waals surface area contributed by atoms with Gasteiger partial charge in [-0.25, -0.2) is 4.98 Å². The highest BCUT2D eigenvalue weighted by molar-refractivity contribution is 6.30. The Kier molecular flexibility index (Phi) is 5.57.